The fourth-order valence-electron chi connectivity index (χ4n) is 4.07. The Morgan fingerprint density at radius 3 is 2.76 bits per heavy atom. The topological polar surface area (TPSA) is 138 Å². The number of hydrogen-bond acceptors (Lipinski definition) is 7. The van der Waals surface area contributed by atoms with E-state index in [1.54, 1.807) is 15.8 Å². The van der Waals surface area contributed by atoms with E-state index in [0.29, 0.717) is 29.8 Å². The third kappa shape index (κ3) is 5.04. The van der Waals surface area contributed by atoms with Crippen molar-refractivity contribution in [3.05, 3.63) is 65.2 Å². The molecule has 10 nitrogen and oxygen atoms in total. The molecule has 4 rings (SSSR count). The van der Waals surface area contributed by atoms with Gasteiger partial charge in [0.15, 0.2) is 4.77 Å². The van der Waals surface area contributed by atoms with Crippen molar-refractivity contribution in [2.24, 2.45) is 11.7 Å². The summed E-state index contributed by atoms with van der Waals surface area (Å²) in [4.78, 5) is 31.1. The molecular weight excluding hydrogens is 444 g/mol. The fraction of sp³-hybridized carbons (Fsp3) is 0.273. The van der Waals surface area contributed by atoms with Gasteiger partial charge in [-0.05, 0) is 61.0 Å². The van der Waals surface area contributed by atoms with Gasteiger partial charge >= 0.3 is 5.97 Å². The first-order valence-corrected chi connectivity index (χ1v) is 10.8. The van der Waals surface area contributed by atoms with Crippen LogP contribution in [-0.2, 0) is 21.0 Å². The number of aliphatic carboxylic acids is 1. The molecule has 2 atom stereocenters. The second kappa shape index (κ2) is 9.84. The summed E-state index contributed by atoms with van der Waals surface area (Å²) >= 11 is 5.20. The number of carbonyl (C=O) groups excluding carboxylic acids is 1. The molecule has 1 amide bonds. The molecule has 1 saturated heterocycles. The van der Waals surface area contributed by atoms with Gasteiger partial charge in [0, 0.05) is 12.2 Å². The molecule has 1 aliphatic heterocycles. The average Bonchev–Trinajstić information content (AvgIpc) is 3.24. The van der Waals surface area contributed by atoms with E-state index in [0.717, 1.165) is 16.9 Å². The highest BCUT2D eigenvalue weighted by molar-refractivity contribution is 7.71. The van der Waals surface area contributed by atoms with Crippen molar-refractivity contribution in [3.63, 3.8) is 0 Å². The van der Waals surface area contributed by atoms with Crippen LogP contribution in [0.3, 0.4) is 0 Å². The Balaban J connectivity index is 1.44. The second-order valence-electron chi connectivity index (χ2n) is 7.77. The highest BCUT2D eigenvalue weighted by atomic mass is 32.1. The van der Waals surface area contributed by atoms with E-state index in [2.05, 4.69) is 15.7 Å². The van der Waals surface area contributed by atoms with E-state index in [-0.39, 0.29) is 6.61 Å². The Bertz CT molecular complexity index is 1210. The van der Waals surface area contributed by atoms with Crippen molar-refractivity contribution in [2.75, 3.05) is 16.9 Å². The second-order valence-corrected chi connectivity index (χ2v) is 8.16. The molecular formula is C22H24N6O4S. The SMILES string of the molecule is NC(=O)C1CCCN(c2cccc(CONc3cccc(-n4cn[nH]c4=S)c3)c2)C1C(=O)O. The molecule has 0 spiro atoms. The van der Waals surface area contributed by atoms with Crippen molar-refractivity contribution < 1.29 is 19.5 Å². The van der Waals surface area contributed by atoms with Gasteiger partial charge in [-0.3, -0.25) is 24.8 Å². The number of piperidine rings is 1. The lowest BCUT2D eigenvalue weighted by molar-refractivity contribution is -0.143. The number of nitrogens with two attached hydrogens (primary N) is 1. The number of carboxylic acid groups (broad SMARTS) is 1. The molecule has 2 unspecified atom stereocenters. The fourth-order valence-corrected chi connectivity index (χ4v) is 4.27. The Kier molecular flexibility index (Phi) is 6.71. The summed E-state index contributed by atoms with van der Waals surface area (Å²) in [5.74, 6) is -2.37. The van der Waals surface area contributed by atoms with Crippen LogP contribution in [0.5, 0.6) is 0 Å². The number of carboxylic acids is 1. The van der Waals surface area contributed by atoms with E-state index in [9.17, 15) is 14.7 Å². The van der Waals surface area contributed by atoms with Gasteiger partial charge in [-0.15, -0.1) is 0 Å². The number of amides is 1. The van der Waals surface area contributed by atoms with Gasteiger partial charge in [0.25, 0.3) is 0 Å². The maximum absolute atomic E-state index is 11.9. The molecule has 0 aliphatic carbocycles. The van der Waals surface area contributed by atoms with Gasteiger partial charge in [-0.25, -0.2) is 4.79 Å². The van der Waals surface area contributed by atoms with Crippen molar-refractivity contribution in [3.8, 4) is 5.69 Å². The van der Waals surface area contributed by atoms with Crippen LogP contribution in [-0.4, -0.2) is 44.3 Å². The molecule has 33 heavy (non-hydrogen) atoms. The zero-order valence-electron chi connectivity index (χ0n) is 17.7. The molecule has 1 aliphatic rings. The molecule has 172 valence electrons. The number of rotatable bonds is 8. The van der Waals surface area contributed by atoms with Crippen molar-refractivity contribution >= 4 is 35.5 Å². The molecule has 0 saturated carbocycles. The van der Waals surface area contributed by atoms with Crippen molar-refractivity contribution in [2.45, 2.75) is 25.5 Å². The van der Waals surface area contributed by atoms with Crippen LogP contribution in [0.15, 0.2) is 54.9 Å². The number of anilines is 2. The minimum Gasteiger partial charge on any atom is -0.480 e. The van der Waals surface area contributed by atoms with Gasteiger partial charge in [0.2, 0.25) is 5.91 Å². The number of carbonyl (C=O) groups is 2. The Morgan fingerprint density at radius 2 is 2.03 bits per heavy atom. The maximum Gasteiger partial charge on any atom is 0.327 e. The number of primary amides is 1. The van der Waals surface area contributed by atoms with E-state index in [4.69, 9.17) is 22.8 Å². The van der Waals surface area contributed by atoms with E-state index in [1.165, 1.54) is 0 Å². The monoisotopic (exact) mass is 468 g/mol. The lowest BCUT2D eigenvalue weighted by atomic mass is 9.88. The molecule has 11 heteroatoms. The van der Waals surface area contributed by atoms with Crippen LogP contribution in [0.1, 0.15) is 18.4 Å². The predicted molar refractivity (Wildman–Crippen MR) is 124 cm³/mol. The third-order valence-electron chi connectivity index (χ3n) is 5.60. The first kappa shape index (κ1) is 22.5. The van der Waals surface area contributed by atoms with Gasteiger partial charge in [-0.2, -0.15) is 5.10 Å². The summed E-state index contributed by atoms with van der Waals surface area (Å²) in [6.07, 6.45) is 2.76. The van der Waals surface area contributed by atoms with Crippen molar-refractivity contribution in [1.82, 2.24) is 14.8 Å². The first-order chi connectivity index (χ1) is 15.9. The highest BCUT2D eigenvalue weighted by Crippen LogP contribution is 2.30. The molecule has 1 fully saturated rings. The molecule has 3 aromatic rings. The van der Waals surface area contributed by atoms with Gasteiger partial charge in [0.1, 0.15) is 12.4 Å². The first-order valence-electron chi connectivity index (χ1n) is 10.4. The average molecular weight is 469 g/mol. The minimum absolute atomic E-state index is 0.244. The van der Waals surface area contributed by atoms with Crippen LogP contribution in [0.2, 0.25) is 0 Å². The number of aromatic amines is 1. The summed E-state index contributed by atoms with van der Waals surface area (Å²) < 4.78 is 2.22. The molecule has 2 aromatic carbocycles. The predicted octanol–water partition coefficient (Wildman–Crippen LogP) is 2.63. The smallest absolute Gasteiger partial charge is 0.327 e. The summed E-state index contributed by atoms with van der Waals surface area (Å²) in [6, 6.07) is 13.9. The van der Waals surface area contributed by atoms with Crippen LogP contribution in [0, 0.1) is 10.7 Å². The lowest BCUT2D eigenvalue weighted by Crippen LogP contribution is -2.54. The number of nitrogens with zero attached hydrogens (tertiary/aromatic N) is 3. The zero-order valence-corrected chi connectivity index (χ0v) is 18.5. The van der Waals surface area contributed by atoms with Crippen molar-refractivity contribution in [1.29, 1.82) is 0 Å². The van der Waals surface area contributed by atoms with Crippen LogP contribution < -0.4 is 16.1 Å². The molecule has 5 N–H and O–H groups in total. The standard InChI is InChI=1S/C22H24N6O4S/c23-20(29)18-8-3-9-27(19(18)21(30)31)16-6-1-4-14(10-16)12-32-26-15-5-2-7-17(11-15)28-13-24-25-22(28)33/h1-2,4-7,10-11,13,18-19,26H,3,8-9,12H2,(H2,23,29)(H,25,33)(H,30,31). The number of aromatic nitrogens is 3. The van der Waals surface area contributed by atoms with Crippen LogP contribution >= 0.6 is 12.2 Å². The Labute approximate surface area is 194 Å². The van der Waals surface area contributed by atoms with E-state index in [1.807, 2.05) is 48.5 Å². The quantitative estimate of drug-likeness (QED) is 0.292. The van der Waals surface area contributed by atoms with Gasteiger partial charge in [-0.1, -0.05) is 18.2 Å². The summed E-state index contributed by atoms with van der Waals surface area (Å²) in [5, 5.41) is 16.4. The minimum atomic E-state index is -1.06. The van der Waals surface area contributed by atoms with Gasteiger partial charge < -0.3 is 15.7 Å². The maximum atomic E-state index is 11.9. The zero-order chi connectivity index (χ0) is 23.4. The number of hydrogen-bond donors (Lipinski definition) is 4. The number of benzene rings is 2. The molecule has 1 aromatic heterocycles. The largest absolute Gasteiger partial charge is 0.480 e. The normalized spacial score (nSPS) is 18.1. The van der Waals surface area contributed by atoms with Crippen LogP contribution in [0.25, 0.3) is 5.69 Å². The van der Waals surface area contributed by atoms with Gasteiger partial charge in [0.05, 0.1) is 23.9 Å². The Hall–Kier alpha value is -3.70. The summed E-state index contributed by atoms with van der Waals surface area (Å²) in [5.41, 5.74) is 11.5. The molecule has 0 bridgehead atoms. The summed E-state index contributed by atoms with van der Waals surface area (Å²) in [7, 11) is 0. The van der Waals surface area contributed by atoms with Crippen LogP contribution in [0.4, 0.5) is 11.4 Å². The highest BCUT2D eigenvalue weighted by Gasteiger charge is 2.40. The molecule has 2 heterocycles. The number of nitrogens with one attached hydrogen (secondary N) is 2. The third-order valence-corrected chi connectivity index (χ3v) is 5.89. The van der Waals surface area contributed by atoms with E-state index < -0.39 is 23.8 Å². The summed E-state index contributed by atoms with van der Waals surface area (Å²) in [6.45, 7) is 0.778. The molecule has 0 radical (unpaired) electrons. The Morgan fingerprint density at radius 1 is 1.24 bits per heavy atom. The number of H-pyrrole nitrogens is 1. The lowest BCUT2D eigenvalue weighted by Gasteiger charge is -2.39. The van der Waals surface area contributed by atoms with E-state index >= 15 is 0 Å².